The van der Waals surface area contributed by atoms with Gasteiger partial charge in [-0.2, -0.15) is 0 Å². The average molecular weight is 104 g/mol. The standard InChI is InChI=1S/C3H8N2O2/c1-5-6-2-4-3-7-5/h4H,2-3H2,1H3. The van der Waals surface area contributed by atoms with Crippen molar-refractivity contribution in [3.05, 3.63) is 0 Å². The van der Waals surface area contributed by atoms with Gasteiger partial charge in [-0.05, 0) is 0 Å². The Hall–Kier alpha value is -0.160. The van der Waals surface area contributed by atoms with E-state index in [-0.39, 0.29) is 0 Å². The summed E-state index contributed by atoms with van der Waals surface area (Å²) >= 11 is 0. The molecule has 1 fully saturated rings. The van der Waals surface area contributed by atoms with Gasteiger partial charge in [-0.1, -0.05) is 5.23 Å². The van der Waals surface area contributed by atoms with Crippen LogP contribution in [0, 0.1) is 0 Å². The van der Waals surface area contributed by atoms with Crippen molar-refractivity contribution in [1.82, 2.24) is 10.5 Å². The molecule has 4 heteroatoms. The van der Waals surface area contributed by atoms with Crippen LogP contribution in [0.3, 0.4) is 0 Å². The molecule has 0 amide bonds. The summed E-state index contributed by atoms with van der Waals surface area (Å²) in [4.78, 5) is 9.56. The van der Waals surface area contributed by atoms with E-state index in [1.54, 1.807) is 7.05 Å². The zero-order valence-electron chi connectivity index (χ0n) is 4.18. The van der Waals surface area contributed by atoms with Gasteiger partial charge in [0.2, 0.25) is 0 Å². The fraction of sp³-hybridized carbons (Fsp3) is 1.00. The Morgan fingerprint density at radius 3 is 2.29 bits per heavy atom. The first kappa shape index (κ1) is 4.99. The highest BCUT2D eigenvalue weighted by molar-refractivity contribution is 4.23. The van der Waals surface area contributed by atoms with Crippen LogP contribution in [0.2, 0.25) is 0 Å². The Labute approximate surface area is 41.9 Å². The van der Waals surface area contributed by atoms with Gasteiger partial charge in [0, 0.05) is 7.05 Å². The fourth-order valence-electron chi connectivity index (χ4n) is 0.352. The molecule has 0 saturated carbocycles. The lowest BCUT2D eigenvalue weighted by atomic mass is 11.1. The van der Waals surface area contributed by atoms with Crippen LogP contribution in [0.4, 0.5) is 0 Å². The largest absolute Gasteiger partial charge is 0.268 e. The van der Waals surface area contributed by atoms with E-state index in [9.17, 15) is 0 Å². The van der Waals surface area contributed by atoms with Crippen molar-refractivity contribution in [3.8, 4) is 0 Å². The first-order valence-corrected chi connectivity index (χ1v) is 2.10. The molecule has 0 aromatic carbocycles. The second kappa shape index (κ2) is 2.23. The van der Waals surface area contributed by atoms with E-state index in [0.29, 0.717) is 13.5 Å². The lowest BCUT2D eigenvalue weighted by Crippen LogP contribution is -2.37. The molecule has 1 aliphatic rings. The molecular formula is C3H8N2O2. The number of rotatable bonds is 0. The van der Waals surface area contributed by atoms with Crippen LogP contribution in [-0.4, -0.2) is 25.7 Å². The molecule has 0 aromatic heterocycles. The predicted molar refractivity (Wildman–Crippen MR) is 22.8 cm³/mol. The third kappa shape index (κ3) is 1.40. The van der Waals surface area contributed by atoms with Gasteiger partial charge in [0.25, 0.3) is 0 Å². The molecule has 0 spiro atoms. The minimum atomic E-state index is 0.538. The summed E-state index contributed by atoms with van der Waals surface area (Å²) in [6.45, 7) is 1.08. The summed E-state index contributed by atoms with van der Waals surface area (Å²) in [7, 11) is 1.71. The van der Waals surface area contributed by atoms with Crippen LogP contribution in [0.5, 0.6) is 0 Å². The molecule has 0 bridgehead atoms. The molecule has 1 aliphatic heterocycles. The molecule has 7 heavy (non-hydrogen) atoms. The van der Waals surface area contributed by atoms with Crippen molar-refractivity contribution in [1.29, 1.82) is 0 Å². The Morgan fingerprint density at radius 1 is 1.43 bits per heavy atom. The SMILES string of the molecule is CN1OCNCO1. The maximum atomic E-state index is 4.78. The van der Waals surface area contributed by atoms with Gasteiger partial charge in [-0.15, -0.1) is 0 Å². The zero-order chi connectivity index (χ0) is 5.11. The second-order valence-electron chi connectivity index (χ2n) is 1.24. The first-order valence-electron chi connectivity index (χ1n) is 2.10. The summed E-state index contributed by atoms with van der Waals surface area (Å²) in [5, 5.41) is 4.16. The lowest BCUT2D eigenvalue weighted by molar-refractivity contribution is -0.386. The maximum Gasteiger partial charge on any atom is 0.123 e. The normalized spacial score (nSPS) is 25.3. The highest BCUT2D eigenvalue weighted by Gasteiger charge is 2.01. The van der Waals surface area contributed by atoms with Crippen LogP contribution in [0.25, 0.3) is 0 Å². The molecule has 42 valence electrons. The monoisotopic (exact) mass is 104 g/mol. The smallest absolute Gasteiger partial charge is 0.123 e. The van der Waals surface area contributed by atoms with E-state index in [1.807, 2.05) is 0 Å². The van der Waals surface area contributed by atoms with Crippen LogP contribution < -0.4 is 5.32 Å². The third-order valence-corrected chi connectivity index (χ3v) is 0.697. The Morgan fingerprint density at radius 2 is 2.00 bits per heavy atom. The Balaban J connectivity index is 2.12. The number of hydroxylamine groups is 2. The van der Waals surface area contributed by atoms with Crippen LogP contribution >= 0.6 is 0 Å². The highest BCUT2D eigenvalue weighted by Crippen LogP contribution is 1.88. The summed E-state index contributed by atoms with van der Waals surface area (Å²) in [5.41, 5.74) is 0. The number of hydrogen-bond acceptors (Lipinski definition) is 4. The van der Waals surface area contributed by atoms with Crippen LogP contribution in [-0.2, 0) is 9.68 Å². The Kier molecular flexibility index (Phi) is 1.59. The van der Waals surface area contributed by atoms with Crippen molar-refractivity contribution in [2.24, 2.45) is 0 Å². The molecule has 1 saturated heterocycles. The number of nitrogens with one attached hydrogen (secondary N) is 1. The van der Waals surface area contributed by atoms with Gasteiger partial charge in [0.1, 0.15) is 13.5 Å². The molecular weight excluding hydrogens is 96.0 g/mol. The van der Waals surface area contributed by atoms with E-state index in [0.717, 1.165) is 0 Å². The van der Waals surface area contributed by atoms with E-state index in [2.05, 4.69) is 5.32 Å². The topological polar surface area (TPSA) is 33.7 Å². The van der Waals surface area contributed by atoms with E-state index >= 15 is 0 Å². The quantitative estimate of drug-likeness (QED) is 0.440. The van der Waals surface area contributed by atoms with Gasteiger partial charge in [0.15, 0.2) is 0 Å². The fourth-order valence-corrected chi connectivity index (χ4v) is 0.352. The van der Waals surface area contributed by atoms with Gasteiger partial charge in [-0.25, -0.2) is 0 Å². The summed E-state index contributed by atoms with van der Waals surface area (Å²) in [6.07, 6.45) is 0. The molecule has 0 radical (unpaired) electrons. The molecule has 1 heterocycles. The molecule has 1 rings (SSSR count). The van der Waals surface area contributed by atoms with E-state index in [4.69, 9.17) is 9.68 Å². The molecule has 0 unspecified atom stereocenters. The molecule has 0 aromatic rings. The van der Waals surface area contributed by atoms with E-state index in [1.165, 1.54) is 5.23 Å². The lowest BCUT2D eigenvalue weighted by Gasteiger charge is -2.21. The molecule has 1 N–H and O–H groups in total. The third-order valence-electron chi connectivity index (χ3n) is 0.697. The minimum Gasteiger partial charge on any atom is -0.268 e. The molecule has 0 aliphatic carbocycles. The van der Waals surface area contributed by atoms with Gasteiger partial charge >= 0.3 is 0 Å². The average Bonchev–Trinajstić information content (AvgIpc) is 1.69. The van der Waals surface area contributed by atoms with Crippen molar-refractivity contribution in [3.63, 3.8) is 0 Å². The zero-order valence-corrected chi connectivity index (χ0v) is 4.18. The first-order chi connectivity index (χ1) is 3.39. The summed E-state index contributed by atoms with van der Waals surface area (Å²) in [5.74, 6) is 0. The minimum absolute atomic E-state index is 0.538. The van der Waals surface area contributed by atoms with Gasteiger partial charge in [0.05, 0.1) is 0 Å². The van der Waals surface area contributed by atoms with Gasteiger partial charge in [-0.3, -0.25) is 15.0 Å². The van der Waals surface area contributed by atoms with Crippen LogP contribution in [0.1, 0.15) is 0 Å². The van der Waals surface area contributed by atoms with Crippen molar-refractivity contribution < 1.29 is 9.68 Å². The van der Waals surface area contributed by atoms with Crippen molar-refractivity contribution >= 4 is 0 Å². The van der Waals surface area contributed by atoms with E-state index < -0.39 is 0 Å². The Bertz CT molecular complexity index is 52.9. The molecule has 0 atom stereocenters. The highest BCUT2D eigenvalue weighted by atomic mass is 17.0. The molecule has 4 nitrogen and oxygen atoms in total. The van der Waals surface area contributed by atoms with Crippen molar-refractivity contribution in [2.45, 2.75) is 0 Å². The number of nitrogens with zero attached hydrogens (tertiary/aromatic N) is 1. The van der Waals surface area contributed by atoms with Crippen molar-refractivity contribution in [2.75, 3.05) is 20.5 Å². The predicted octanol–water partition coefficient (Wildman–Crippen LogP) is -0.700. The summed E-state index contributed by atoms with van der Waals surface area (Å²) in [6, 6.07) is 0. The van der Waals surface area contributed by atoms with Crippen LogP contribution in [0.15, 0.2) is 0 Å². The summed E-state index contributed by atoms with van der Waals surface area (Å²) < 4.78 is 0. The maximum absolute atomic E-state index is 4.78. The number of hydrogen-bond donors (Lipinski definition) is 1. The second-order valence-corrected chi connectivity index (χ2v) is 1.24. The van der Waals surface area contributed by atoms with Gasteiger partial charge < -0.3 is 0 Å².